The number of carbonyl (C=O) groups excluding carboxylic acids is 1. The van der Waals surface area contributed by atoms with Crippen LogP contribution in [0.15, 0.2) is 71.5 Å². The molecular formula is C20H15N3O. The van der Waals surface area contributed by atoms with Crippen molar-refractivity contribution in [1.82, 2.24) is 0 Å². The second-order valence-corrected chi connectivity index (χ2v) is 6.10. The molecule has 4 nitrogen and oxygen atoms in total. The largest absolute Gasteiger partial charge is 0.293 e. The zero-order chi connectivity index (χ0) is 16.6. The molecule has 116 valence electrons. The topological polar surface area (TPSA) is 65.8 Å². The van der Waals surface area contributed by atoms with Gasteiger partial charge in [-0.2, -0.15) is 0 Å². The predicted octanol–water partition coefficient (Wildman–Crippen LogP) is 5.40. The van der Waals surface area contributed by atoms with Crippen molar-refractivity contribution in [3.63, 3.8) is 0 Å². The van der Waals surface area contributed by atoms with Gasteiger partial charge in [0.05, 0.1) is 5.41 Å². The van der Waals surface area contributed by atoms with E-state index in [2.05, 4.69) is 10.0 Å². The Labute approximate surface area is 139 Å². The molecule has 2 aliphatic rings. The number of hydrogen-bond donors (Lipinski definition) is 0. The molecule has 2 aliphatic carbocycles. The van der Waals surface area contributed by atoms with Crippen LogP contribution < -0.4 is 0 Å². The zero-order valence-electron chi connectivity index (χ0n) is 13.0. The first-order chi connectivity index (χ1) is 11.8. The maximum Gasteiger partial charge on any atom is 0.177 e. The van der Waals surface area contributed by atoms with Crippen LogP contribution in [0.5, 0.6) is 0 Å². The molecule has 0 amide bonds. The first-order valence-corrected chi connectivity index (χ1v) is 7.93. The molecule has 0 bridgehead atoms. The molecule has 1 atom stereocenters. The van der Waals surface area contributed by atoms with E-state index < -0.39 is 5.41 Å². The van der Waals surface area contributed by atoms with Gasteiger partial charge in [-0.05, 0) is 35.1 Å². The minimum absolute atomic E-state index is 0.0857. The maximum absolute atomic E-state index is 13.4. The third kappa shape index (κ3) is 2.01. The van der Waals surface area contributed by atoms with E-state index in [9.17, 15) is 4.79 Å². The summed E-state index contributed by atoms with van der Waals surface area (Å²) in [6, 6.07) is 17.4. The van der Waals surface area contributed by atoms with Crippen molar-refractivity contribution in [1.29, 1.82) is 0 Å². The SMILES string of the molecule is [N-]=[N+]=NC1=C(c2ccccc2)C2(C=Cc3ccccc3C2=O)CC1. The predicted molar refractivity (Wildman–Crippen MR) is 94.0 cm³/mol. The van der Waals surface area contributed by atoms with Gasteiger partial charge >= 0.3 is 0 Å². The van der Waals surface area contributed by atoms with Gasteiger partial charge < -0.3 is 0 Å². The molecule has 1 unspecified atom stereocenters. The molecule has 0 N–H and O–H groups in total. The summed E-state index contributed by atoms with van der Waals surface area (Å²) in [7, 11) is 0. The smallest absolute Gasteiger partial charge is 0.177 e. The number of allylic oxidation sites excluding steroid dienone is 3. The van der Waals surface area contributed by atoms with E-state index in [1.807, 2.05) is 66.7 Å². The minimum Gasteiger partial charge on any atom is -0.293 e. The van der Waals surface area contributed by atoms with Crippen molar-refractivity contribution in [2.24, 2.45) is 10.5 Å². The third-order valence-electron chi connectivity index (χ3n) is 4.88. The van der Waals surface area contributed by atoms with E-state index in [1.54, 1.807) is 0 Å². The quantitative estimate of drug-likeness (QED) is 0.416. The summed E-state index contributed by atoms with van der Waals surface area (Å²) in [5, 5.41) is 3.90. The van der Waals surface area contributed by atoms with Crippen molar-refractivity contribution >= 4 is 17.4 Å². The molecule has 0 saturated carbocycles. The lowest BCUT2D eigenvalue weighted by molar-refractivity contribution is 0.0899. The van der Waals surface area contributed by atoms with Crippen LogP contribution in [0, 0.1) is 5.41 Å². The molecule has 0 aliphatic heterocycles. The number of ketones is 1. The van der Waals surface area contributed by atoms with E-state index in [4.69, 9.17) is 5.53 Å². The normalized spacial score (nSPS) is 21.8. The number of azide groups is 1. The van der Waals surface area contributed by atoms with Gasteiger partial charge in [-0.3, -0.25) is 4.79 Å². The van der Waals surface area contributed by atoms with Crippen LogP contribution in [0.4, 0.5) is 0 Å². The number of Topliss-reactive ketones (excluding diaryl/α,β-unsaturated/α-hetero) is 1. The monoisotopic (exact) mass is 313 g/mol. The van der Waals surface area contributed by atoms with Gasteiger partial charge in [-0.15, -0.1) is 0 Å². The lowest BCUT2D eigenvalue weighted by atomic mass is 9.69. The summed E-state index contributed by atoms with van der Waals surface area (Å²) in [4.78, 5) is 16.3. The molecule has 4 heteroatoms. The van der Waals surface area contributed by atoms with Crippen LogP contribution in [0.2, 0.25) is 0 Å². The van der Waals surface area contributed by atoms with Crippen molar-refractivity contribution in [3.05, 3.63) is 93.5 Å². The Balaban J connectivity index is 1.96. The first-order valence-electron chi connectivity index (χ1n) is 7.93. The van der Waals surface area contributed by atoms with Gasteiger partial charge in [-0.25, -0.2) is 0 Å². The molecule has 24 heavy (non-hydrogen) atoms. The van der Waals surface area contributed by atoms with E-state index in [0.29, 0.717) is 18.5 Å². The second-order valence-electron chi connectivity index (χ2n) is 6.10. The van der Waals surface area contributed by atoms with Crippen LogP contribution in [0.25, 0.3) is 22.1 Å². The number of hydrogen-bond acceptors (Lipinski definition) is 2. The molecular weight excluding hydrogens is 298 g/mol. The Morgan fingerprint density at radius 3 is 2.58 bits per heavy atom. The molecule has 4 rings (SSSR count). The van der Waals surface area contributed by atoms with Crippen LogP contribution in [0.1, 0.15) is 34.3 Å². The van der Waals surface area contributed by atoms with Crippen LogP contribution in [0.3, 0.4) is 0 Å². The van der Waals surface area contributed by atoms with Gasteiger partial charge in [0.15, 0.2) is 5.78 Å². The van der Waals surface area contributed by atoms with Gasteiger partial charge in [0, 0.05) is 16.2 Å². The van der Waals surface area contributed by atoms with Crippen molar-refractivity contribution in [3.8, 4) is 0 Å². The Kier molecular flexibility index (Phi) is 3.33. The highest BCUT2D eigenvalue weighted by Gasteiger charge is 2.47. The maximum atomic E-state index is 13.4. The Bertz CT molecular complexity index is 936. The summed E-state index contributed by atoms with van der Waals surface area (Å²) < 4.78 is 0. The molecule has 0 radical (unpaired) electrons. The number of benzene rings is 2. The highest BCUT2D eigenvalue weighted by Crippen LogP contribution is 2.53. The first kappa shape index (κ1) is 14.5. The van der Waals surface area contributed by atoms with Crippen LogP contribution in [-0.2, 0) is 0 Å². The summed E-state index contributed by atoms with van der Waals surface area (Å²) in [5.74, 6) is 0.0857. The summed E-state index contributed by atoms with van der Waals surface area (Å²) >= 11 is 0. The molecule has 0 fully saturated rings. The lowest BCUT2D eigenvalue weighted by Crippen LogP contribution is -2.31. The van der Waals surface area contributed by atoms with Gasteiger partial charge in [-0.1, -0.05) is 71.9 Å². The standard InChI is InChI=1S/C20H15N3O/c21-23-22-17-11-13-20(18(17)15-7-2-1-3-8-15)12-10-14-6-4-5-9-16(14)19(20)24/h1-10,12H,11,13H2. The van der Waals surface area contributed by atoms with Gasteiger partial charge in [0.25, 0.3) is 0 Å². The summed E-state index contributed by atoms with van der Waals surface area (Å²) in [5.41, 5.74) is 12.3. The molecule has 0 heterocycles. The second kappa shape index (κ2) is 5.52. The van der Waals surface area contributed by atoms with E-state index in [0.717, 1.165) is 22.3 Å². The zero-order valence-corrected chi connectivity index (χ0v) is 13.0. The Hall–Kier alpha value is -3.10. The number of nitrogens with zero attached hydrogens (tertiary/aromatic N) is 3. The lowest BCUT2D eigenvalue weighted by Gasteiger charge is -2.32. The van der Waals surface area contributed by atoms with E-state index in [-0.39, 0.29) is 5.78 Å². The number of fused-ring (bicyclic) bond motifs is 1. The fraction of sp³-hybridized carbons (Fsp3) is 0.150. The van der Waals surface area contributed by atoms with E-state index >= 15 is 0 Å². The van der Waals surface area contributed by atoms with Crippen LogP contribution in [-0.4, -0.2) is 5.78 Å². The average Bonchev–Trinajstić information content (AvgIpc) is 2.99. The highest BCUT2D eigenvalue weighted by atomic mass is 16.1. The Morgan fingerprint density at radius 2 is 1.79 bits per heavy atom. The van der Waals surface area contributed by atoms with Gasteiger partial charge in [0.1, 0.15) is 0 Å². The summed E-state index contributed by atoms with van der Waals surface area (Å²) in [6.45, 7) is 0. The van der Waals surface area contributed by atoms with Gasteiger partial charge in [0.2, 0.25) is 0 Å². The van der Waals surface area contributed by atoms with Crippen molar-refractivity contribution in [2.45, 2.75) is 12.8 Å². The molecule has 0 saturated heterocycles. The molecule has 2 aromatic carbocycles. The number of rotatable bonds is 2. The fourth-order valence-electron chi connectivity index (χ4n) is 3.80. The van der Waals surface area contributed by atoms with Crippen molar-refractivity contribution < 1.29 is 4.79 Å². The number of carbonyl (C=O) groups is 1. The minimum atomic E-state index is -0.737. The molecule has 1 spiro atoms. The highest BCUT2D eigenvalue weighted by molar-refractivity contribution is 6.14. The van der Waals surface area contributed by atoms with Crippen LogP contribution >= 0.6 is 0 Å². The average molecular weight is 313 g/mol. The van der Waals surface area contributed by atoms with Crippen molar-refractivity contribution in [2.75, 3.05) is 0 Å². The molecule has 0 aromatic heterocycles. The third-order valence-corrected chi connectivity index (χ3v) is 4.88. The molecule has 2 aromatic rings. The fourth-order valence-corrected chi connectivity index (χ4v) is 3.80. The Morgan fingerprint density at radius 1 is 1.04 bits per heavy atom. The van der Waals surface area contributed by atoms with E-state index in [1.165, 1.54) is 0 Å². The summed E-state index contributed by atoms with van der Waals surface area (Å²) in [6.07, 6.45) is 5.24.